The minimum absolute atomic E-state index is 0.0170. The quantitative estimate of drug-likeness (QED) is 0.0214. The van der Waals surface area contributed by atoms with Gasteiger partial charge in [0.15, 0.2) is 28.9 Å². The van der Waals surface area contributed by atoms with Gasteiger partial charge in [0.05, 0.1) is 72.2 Å². The predicted octanol–water partition coefficient (Wildman–Crippen LogP) is 7.92. The Morgan fingerprint density at radius 3 is 1.89 bits per heavy atom. The number of nitrogens with one attached hydrogen (secondary N) is 7. The Morgan fingerprint density at radius 1 is 0.721 bits per heavy atom. The number of hydrogen-bond acceptors (Lipinski definition) is 19. The lowest BCUT2D eigenvalue weighted by molar-refractivity contribution is -0.142. The van der Waals surface area contributed by atoms with Gasteiger partial charge < -0.3 is 56.8 Å². The number of hydrogen-bond donors (Lipinski definition) is 10. The van der Waals surface area contributed by atoms with Gasteiger partial charge in [0.25, 0.3) is 0 Å². The number of phenolic OH excluding ortho intramolecular Hbond substituents is 1. The summed E-state index contributed by atoms with van der Waals surface area (Å²) in [5.74, 6) is -15.7. The second-order valence-electron chi connectivity index (χ2n) is 31.0. The van der Waals surface area contributed by atoms with Crippen LogP contribution in [0.2, 0.25) is 5.02 Å². The molecule has 28 heteroatoms. The zero-order chi connectivity index (χ0) is 76.9. The summed E-state index contributed by atoms with van der Waals surface area (Å²) in [6, 6.07) is 5.39. The van der Waals surface area contributed by atoms with Crippen LogP contribution in [0.4, 0.5) is 0 Å². The van der Waals surface area contributed by atoms with Gasteiger partial charge in [-0.2, -0.15) is 0 Å². The third kappa shape index (κ3) is 26.8. The summed E-state index contributed by atoms with van der Waals surface area (Å²) in [4.78, 5) is 192. The third-order valence-corrected chi connectivity index (χ3v) is 21.6. The molecule has 25 nitrogen and oxygen atoms in total. The van der Waals surface area contributed by atoms with Gasteiger partial charge in [0.1, 0.15) is 17.6 Å². The highest BCUT2D eigenvalue weighted by Crippen LogP contribution is 2.33. The molecule has 4 heterocycles. The van der Waals surface area contributed by atoms with Crippen LogP contribution in [0.5, 0.6) is 5.75 Å². The lowest BCUT2D eigenvalue weighted by Gasteiger charge is -2.31. The smallest absolute Gasteiger partial charge is 0.305 e. The van der Waals surface area contributed by atoms with E-state index in [9.17, 15) is 44.1 Å². The number of carbonyl (C=O) groups excluding carboxylic acids is 11. The number of carboxylic acid groups (broad SMARTS) is 1. The molecule has 2 aliphatic rings. The van der Waals surface area contributed by atoms with E-state index in [0.717, 1.165) is 32.1 Å². The van der Waals surface area contributed by atoms with Crippen molar-refractivity contribution in [2.75, 3.05) is 18.1 Å². The number of aliphatic carboxylic acids is 1. The van der Waals surface area contributed by atoms with E-state index in [1.165, 1.54) is 43.2 Å². The van der Waals surface area contributed by atoms with Gasteiger partial charge in [-0.15, -0.1) is 0 Å². The van der Waals surface area contributed by atoms with Gasteiger partial charge >= 0.3 is 5.97 Å². The van der Waals surface area contributed by atoms with Crippen LogP contribution in [0.1, 0.15) is 170 Å². The first-order chi connectivity index (χ1) is 48.9. The normalized spacial score (nSPS) is 21.8. The number of aliphatic hydroxyl groups excluding tert-OH is 1. The Bertz CT molecular complexity index is 3600. The predicted molar refractivity (Wildman–Crippen MR) is 398 cm³/mol. The summed E-state index contributed by atoms with van der Waals surface area (Å²) >= 11 is 6.33. The van der Waals surface area contributed by atoms with Crippen LogP contribution < -0.4 is 26.6 Å². The summed E-state index contributed by atoms with van der Waals surface area (Å²) in [6.45, 7) is 21.9. The number of aromatic amines is 2. The van der Waals surface area contributed by atoms with Gasteiger partial charge in [0.2, 0.25) is 29.5 Å². The van der Waals surface area contributed by atoms with Crippen molar-refractivity contribution < 1.29 is 72.9 Å². The number of imidazole rings is 2. The number of phenols is 1. The number of H-pyrrole nitrogens is 2. The highest BCUT2D eigenvalue weighted by Gasteiger charge is 2.45. The van der Waals surface area contributed by atoms with Crippen molar-refractivity contribution in [3.63, 3.8) is 0 Å². The first-order valence-corrected chi connectivity index (χ1v) is 38.8. The number of aromatic hydroxyl groups is 1. The van der Waals surface area contributed by atoms with Gasteiger partial charge in [-0.1, -0.05) is 138 Å². The van der Waals surface area contributed by atoms with Crippen LogP contribution in [0.25, 0.3) is 0 Å². The first-order valence-electron chi connectivity index (χ1n) is 36.0. The second kappa shape index (κ2) is 39.7. The second-order valence-corrected chi connectivity index (χ2v) is 34.0. The molecule has 4 aromatic rings. The van der Waals surface area contributed by atoms with Crippen LogP contribution in [0, 0.1) is 52.8 Å². The van der Waals surface area contributed by atoms with Crippen LogP contribution in [0.3, 0.4) is 0 Å². The number of amides is 5. The number of ketones is 6. The van der Waals surface area contributed by atoms with E-state index in [1.54, 1.807) is 34.6 Å². The first kappa shape index (κ1) is 85.3. The fraction of sp³-hybridized carbons (Fsp3) is 0.605. The van der Waals surface area contributed by atoms with Gasteiger partial charge in [-0.25, -0.2) is 9.97 Å². The zero-order valence-corrected chi connectivity index (χ0v) is 64.3. The topological polar surface area (TPSA) is 386 Å². The molecule has 10 N–H and O–H groups in total. The van der Waals surface area contributed by atoms with Crippen molar-refractivity contribution in [2.24, 2.45) is 52.8 Å². The molecule has 2 aromatic heterocycles. The minimum atomic E-state index is -1.78. The van der Waals surface area contributed by atoms with E-state index in [1.807, 2.05) is 78.8 Å². The Hall–Kier alpha value is -7.59. The molecule has 570 valence electrons. The Morgan fingerprint density at radius 2 is 1.33 bits per heavy atom. The molecular weight excluding hydrogens is 1390 g/mol. The number of aliphatic hydroxyl groups is 1. The molecular formula is C76H107ClN10O15S2. The molecule has 2 unspecified atom stereocenters. The number of Topliss-reactive ketones (excluding diaryl/α,β-unsaturated/α-hetero) is 6. The number of benzene rings is 2. The van der Waals surface area contributed by atoms with Gasteiger partial charge in [-0.3, -0.25) is 57.5 Å². The lowest BCUT2D eigenvalue weighted by Crippen LogP contribution is -2.55. The SMILES string of the molecule is CCC(C)[C@H](NC(=O)[C@@H](CC(=O)[C@@H]1CSSC[C@H](NC(=O)[C@@H](CC(=O)[C@H](Cc2ccccc2)NC(C)(C)C)Cc2cnc[nH]2)C(=O)N2C[C@H](O)CC2C(=O)C[C@@H](Cc2ccc(O)c(Cl)c2)C(=O)N[C@@H](CC(=O)O)C(=O)C[C@@H](CC(C)C)C(=O)N1)Cc1cnc[nH]1)C(=O)C[C@@H](CC(C)C)C(=O)C(C)(C)C. The fourth-order valence-corrected chi connectivity index (χ4v) is 16.0. The third-order valence-electron chi connectivity index (χ3n) is 18.9. The van der Waals surface area contributed by atoms with Crippen molar-refractivity contribution in [3.05, 3.63) is 101 Å². The molecule has 13 atom stereocenters. The molecule has 2 saturated heterocycles. The molecule has 0 aliphatic carbocycles. The van der Waals surface area contributed by atoms with Crippen LogP contribution in [-0.2, 0) is 83.2 Å². The van der Waals surface area contributed by atoms with Crippen molar-refractivity contribution in [1.29, 1.82) is 0 Å². The Kier molecular flexibility index (Phi) is 32.6. The van der Waals surface area contributed by atoms with Crippen molar-refractivity contribution >= 4 is 103 Å². The maximum Gasteiger partial charge on any atom is 0.305 e. The van der Waals surface area contributed by atoms with E-state index < -0.39 is 174 Å². The number of aromatic nitrogens is 4. The summed E-state index contributed by atoms with van der Waals surface area (Å²) in [5.41, 5.74) is 0.834. The minimum Gasteiger partial charge on any atom is -0.506 e. The number of carbonyl (C=O) groups is 12. The maximum absolute atomic E-state index is 15.6. The van der Waals surface area contributed by atoms with Crippen molar-refractivity contribution in [3.8, 4) is 5.75 Å². The highest BCUT2D eigenvalue weighted by molar-refractivity contribution is 8.76. The average Bonchev–Trinajstić information content (AvgIpc) is 1.34. The molecule has 6 rings (SSSR count). The van der Waals surface area contributed by atoms with E-state index in [-0.39, 0.29) is 103 Å². The standard InChI is InChI=1S/C76H107ClN10O15S2/c1-13-44(6)68(66(94)28-47(21-42(2)3)69(97)75(7,8)9)85-73(101)51(27-53-36-79-41-81-53)31-64(92)58-38-103-104-39-59(84-72(100)50(26-52-35-78-40-80-52)30-63(91)57(86-76(10,11)12)25-45-17-15-14-16-18-45)74(102)87-37-54(88)33-60(87)65(93)32-49(23-46-19-20-61(89)55(77)24-46)71(99)82-56(34-67(95)96)62(90)29-48(22-43(4)5)70(98)83-58/h14-20,24,35-36,40-44,47-51,54,56-60,68,86,88-89H,13,21-23,25-34,37-39H2,1-12H3,(H,78,80)(H,79,81)(H,82,99)(H,83,98)(H,84,100)(H,85,101)(H,95,96)/t44?,47-,48-,49-,50-,51-,54-,56+,57+,58+,59+,60?,68+/m1/s1. The molecule has 2 fully saturated rings. The number of fused-ring (bicyclic) bond motifs is 1. The van der Waals surface area contributed by atoms with Crippen LogP contribution in [-0.4, -0.2) is 176 Å². The number of rotatable bonds is 31. The van der Waals surface area contributed by atoms with Gasteiger partial charge in [0, 0.05) is 122 Å². The largest absolute Gasteiger partial charge is 0.506 e. The van der Waals surface area contributed by atoms with E-state index in [2.05, 4.69) is 46.5 Å². The van der Waals surface area contributed by atoms with E-state index >= 15 is 28.8 Å². The van der Waals surface area contributed by atoms with Crippen molar-refractivity contribution in [2.45, 2.75) is 221 Å². The van der Waals surface area contributed by atoms with Crippen LogP contribution >= 0.6 is 33.2 Å². The zero-order valence-electron chi connectivity index (χ0n) is 61.9. The Balaban J connectivity index is 1.44. The summed E-state index contributed by atoms with van der Waals surface area (Å²) in [5, 5.41) is 46.6. The van der Waals surface area contributed by atoms with Crippen LogP contribution in [0.15, 0.2) is 73.6 Å². The molecule has 0 saturated carbocycles. The fourth-order valence-electron chi connectivity index (χ4n) is 13.4. The molecule has 0 spiro atoms. The summed E-state index contributed by atoms with van der Waals surface area (Å²) < 4.78 is 0. The summed E-state index contributed by atoms with van der Waals surface area (Å²) in [7, 11) is 2.01. The average molecular weight is 1500 g/mol. The monoisotopic (exact) mass is 1500 g/mol. The molecule has 0 bridgehead atoms. The van der Waals surface area contributed by atoms with Gasteiger partial charge in [-0.05, 0) is 87.5 Å². The number of carboxylic acids is 1. The maximum atomic E-state index is 15.6. The lowest BCUT2D eigenvalue weighted by atomic mass is 9.76. The molecule has 104 heavy (non-hydrogen) atoms. The van der Waals surface area contributed by atoms with Crippen molar-refractivity contribution in [1.82, 2.24) is 51.4 Å². The molecule has 5 amide bonds. The summed E-state index contributed by atoms with van der Waals surface area (Å²) in [6.07, 6.45) is 1.74. The van der Waals surface area contributed by atoms with E-state index in [4.69, 9.17) is 11.6 Å². The highest BCUT2D eigenvalue weighted by atomic mass is 35.5. The molecule has 0 radical (unpaired) electrons. The number of nitrogens with zero attached hydrogens (tertiary/aromatic N) is 3. The number of halogens is 1. The Labute approximate surface area is 622 Å². The molecule has 2 aliphatic heterocycles. The van der Waals surface area contributed by atoms with E-state index in [0.29, 0.717) is 29.8 Å². The molecule has 2 aromatic carbocycles.